The number of hydrogen-bond donors (Lipinski definition) is 0. The van der Waals surface area contributed by atoms with E-state index in [4.69, 9.17) is 4.98 Å². The smallest absolute Gasteiger partial charge is 0.233 e. The third kappa shape index (κ3) is 4.65. The fourth-order valence-electron chi connectivity index (χ4n) is 3.64. The van der Waals surface area contributed by atoms with Crippen molar-refractivity contribution in [2.45, 2.75) is 37.4 Å². The Labute approximate surface area is 175 Å². The Balaban J connectivity index is 1.58. The minimum atomic E-state index is 0.152. The summed E-state index contributed by atoms with van der Waals surface area (Å²) >= 11 is 1.36. The second kappa shape index (κ2) is 9.18. The molecule has 1 saturated heterocycles. The molecule has 4 rings (SSSR count). The maximum absolute atomic E-state index is 12.7. The van der Waals surface area contributed by atoms with E-state index < -0.39 is 0 Å². The van der Waals surface area contributed by atoms with Crippen LogP contribution in [0.25, 0.3) is 22.5 Å². The van der Waals surface area contributed by atoms with Gasteiger partial charge in [-0.05, 0) is 26.2 Å². The Bertz CT molecular complexity index is 965. The third-order valence-corrected chi connectivity index (χ3v) is 6.03. The average molecular weight is 405 g/mol. The first-order valence-corrected chi connectivity index (χ1v) is 11.0. The molecule has 5 nitrogen and oxygen atoms in total. The molecule has 29 heavy (non-hydrogen) atoms. The molecule has 0 N–H and O–H groups in total. The number of likely N-dealkylation sites (tertiary alicyclic amines) is 1. The second-order valence-corrected chi connectivity index (χ2v) is 8.19. The highest BCUT2D eigenvalue weighted by Gasteiger charge is 2.23. The van der Waals surface area contributed by atoms with Crippen LogP contribution in [0.15, 0.2) is 65.8 Å². The fraction of sp³-hybridized carbons (Fsp3) is 0.304. The van der Waals surface area contributed by atoms with E-state index in [1.54, 1.807) is 0 Å². The lowest BCUT2D eigenvalue weighted by molar-refractivity contribution is -0.131. The van der Waals surface area contributed by atoms with Gasteiger partial charge < -0.3 is 4.90 Å². The second-order valence-electron chi connectivity index (χ2n) is 7.24. The summed E-state index contributed by atoms with van der Waals surface area (Å²) in [6.45, 7) is 2.98. The first-order chi connectivity index (χ1) is 14.2. The summed E-state index contributed by atoms with van der Waals surface area (Å²) in [5.74, 6) is 0.490. The van der Waals surface area contributed by atoms with E-state index in [1.165, 1.54) is 18.2 Å². The Hall–Kier alpha value is -2.73. The van der Waals surface area contributed by atoms with Crippen LogP contribution in [0.5, 0.6) is 0 Å². The predicted molar refractivity (Wildman–Crippen MR) is 116 cm³/mol. The van der Waals surface area contributed by atoms with E-state index in [2.05, 4.69) is 17.1 Å². The van der Waals surface area contributed by atoms with Crippen molar-refractivity contribution in [2.75, 3.05) is 12.3 Å². The van der Waals surface area contributed by atoms with Crippen molar-refractivity contribution in [1.82, 2.24) is 20.1 Å². The van der Waals surface area contributed by atoms with Crippen molar-refractivity contribution >= 4 is 17.7 Å². The topological polar surface area (TPSA) is 59.0 Å². The summed E-state index contributed by atoms with van der Waals surface area (Å²) in [7, 11) is 0. The SMILES string of the molecule is CC1CCCCN1C(=O)CSc1nnc(-c2ccccc2)c(-c2ccccc2)n1. The molecule has 1 amide bonds. The number of nitrogens with zero attached hydrogens (tertiary/aromatic N) is 4. The number of rotatable bonds is 5. The number of hydrogen-bond acceptors (Lipinski definition) is 5. The van der Waals surface area contributed by atoms with Gasteiger partial charge in [0.25, 0.3) is 0 Å². The molecule has 148 valence electrons. The molecule has 2 heterocycles. The van der Waals surface area contributed by atoms with Crippen LogP contribution >= 0.6 is 11.8 Å². The zero-order chi connectivity index (χ0) is 20.1. The number of carbonyl (C=O) groups is 1. The van der Waals surface area contributed by atoms with Crippen molar-refractivity contribution in [3.63, 3.8) is 0 Å². The van der Waals surface area contributed by atoms with Gasteiger partial charge in [-0.15, -0.1) is 10.2 Å². The maximum atomic E-state index is 12.7. The Morgan fingerprint density at radius 2 is 1.62 bits per heavy atom. The highest BCUT2D eigenvalue weighted by molar-refractivity contribution is 7.99. The number of benzene rings is 2. The lowest BCUT2D eigenvalue weighted by Crippen LogP contribution is -2.42. The van der Waals surface area contributed by atoms with Crippen LogP contribution in [0.1, 0.15) is 26.2 Å². The summed E-state index contributed by atoms with van der Waals surface area (Å²) in [5.41, 5.74) is 3.49. The zero-order valence-corrected chi connectivity index (χ0v) is 17.3. The molecule has 0 radical (unpaired) electrons. The van der Waals surface area contributed by atoms with Crippen LogP contribution in [0.3, 0.4) is 0 Å². The molecule has 0 aliphatic carbocycles. The summed E-state index contributed by atoms with van der Waals surface area (Å²) in [5, 5.41) is 9.31. The first kappa shape index (κ1) is 19.6. The quantitative estimate of drug-likeness (QED) is 0.577. The zero-order valence-electron chi connectivity index (χ0n) is 16.5. The van der Waals surface area contributed by atoms with Crippen molar-refractivity contribution in [2.24, 2.45) is 0 Å². The van der Waals surface area contributed by atoms with Gasteiger partial charge in [0.05, 0.1) is 5.75 Å². The van der Waals surface area contributed by atoms with Gasteiger partial charge in [-0.1, -0.05) is 72.4 Å². The summed E-state index contributed by atoms with van der Waals surface area (Å²) in [4.78, 5) is 19.4. The van der Waals surface area contributed by atoms with E-state index in [0.29, 0.717) is 17.0 Å². The van der Waals surface area contributed by atoms with Gasteiger partial charge in [0.1, 0.15) is 11.4 Å². The molecule has 1 aliphatic rings. The number of carbonyl (C=O) groups excluding carboxylic acids is 1. The molecule has 0 spiro atoms. The van der Waals surface area contributed by atoms with Gasteiger partial charge in [-0.2, -0.15) is 0 Å². The molecule has 6 heteroatoms. The largest absolute Gasteiger partial charge is 0.339 e. The van der Waals surface area contributed by atoms with Gasteiger partial charge in [0, 0.05) is 23.7 Å². The molecule has 1 aromatic heterocycles. The highest BCUT2D eigenvalue weighted by atomic mass is 32.2. The van der Waals surface area contributed by atoms with Crippen molar-refractivity contribution in [1.29, 1.82) is 0 Å². The third-order valence-electron chi connectivity index (χ3n) is 5.21. The Kier molecular flexibility index (Phi) is 6.20. The molecule has 1 unspecified atom stereocenters. The van der Waals surface area contributed by atoms with Gasteiger partial charge in [0.2, 0.25) is 11.1 Å². The van der Waals surface area contributed by atoms with Crippen molar-refractivity contribution in [3.05, 3.63) is 60.7 Å². The number of piperidine rings is 1. The van der Waals surface area contributed by atoms with Gasteiger partial charge in [0.15, 0.2) is 0 Å². The Morgan fingerprint density at radius 3 is 2.28 bits per heavy atom. The fourth-order valence-corrected chi connectivity index (χ4v) is 4.31. The molecule has 1 atom stereocenters. The molecule has 3 aromatic rings. The highest BCUT2D eigenvalue weighted by Crippen LogP contribution is 2.30. The molecule has 0 saturated carbocycles. The predicted octanol–water partition coefficient (Wildman–Crippen LogP) is 4.70. The van der Waals surface area contributed by atoms with E-state index in [0.717, 1.165) is 41.9 Å². The van der Waals surface area contributed by atoms with Crippen LogP contribution in [-0.2, 0) is 4.79 Å². The van der Waals surface area contributed by atoms with E-state index >= 15 is 0 Å². The van der Waals surface area contributed by atoms with Crippen LogP contribution in [0.4, 0.5) is 0 Å². The Morgan fingerprint density at radius 1 is 0.966 bits per heavy atom. The van der Waals surface area contributed by atoms with E-state index in [-0.39, 0.29) is 5.91 Å². The maximum Gasteiger partial charge on any atom is 0.233 e. The summed E-state index contributed by atoms with van der Waals surface area (Å²) < 4.78 is 0. The lowest BCUT2D eigenvalue weighted by atomic mass is 10.0. The molecule has 0 bridgehead atoms. The first-order valence-electron chi connectivity index (χ1n) is 10.00. The molecule has 1 aliphatic heterocycles. The van der Waals surface area contributed by atoms with Crippen LogP contribution in [-0.4, -0.2) is 44.3 Å². The minimum absolute atomic E-state index is 0.152. The van der Waals surface area contributed by atoms with E-state index in [1.807, 2.05) is 65.6 Å². The van der Waals surface area contributed by atoms with Crippen molar-refractivity contribution in [3.8, 4) is 22.5 Å². The number of aromatic nitrogens is 3. The van der Waals surface area contributed by atoms with Gasteiger partial charge >= 0.3 is 0 Å². The summed E-state index contributed by atoms with van der Waals surface area (Å²) in [6, 6.07) is 20.3. The summed E-state index contributed by atoms with van der Waals surface area (Å²) in [6.07, 6.45) is 3.37. The molecular weight excluding hydrogens is 380 g/mol. The monoisotopic (exact) mass is 404 g/mol. The van der Waals surface area contributed by atoms with Gasteiger partial charge in [-0.3, -0.25) is 4.79 Å². The van der Waals surface area contributed by atoms with Gasteiger partial charge in [-0.25, -0.2) is 4.98 Å². The molecule has 1 fully saturated rings. The number of amides is 1. The van der Waals surface area contributed by atoms with Crippen molar-refractivity contribution < 1.29 is 4.79 Å². The standard InChI is InChI=1S/C23H24N4OS/c1-17-10-8-9-15-27(17)20(28)16-29-23-24-21(18-11-4-2-5-12-18)22(25-26-23)19-13-6-3-7-14-19/h2-7,11-14,17H,8-10,15-16H2,1H3. The normalized spacial score (nSPS) is 16.6. The number of thioether (sulfide) groups is 1. The lowest BCUT2D eigenvalue weighted by Gasteiger charge is -2.33. The minimum Gasteiger partial charge on any atom is -0.339 e. The molecular formula is C23H24N4OS. The van der Waals surface area contributed by atoms with E-state index in [9.17, 15) is 4.79 Å². The van der Waals surface area contributed by atoms with Crippen LogP contribution in [0, 0.1) is 0 Å². The average Bonchev–Trinajstić information content (AvgIpc) is 2.79. The van der Waals surface area contributed by atoms with Crippen LogP contribution < -0.4 is 0 Å². The molecule has 2 aromatic carbocycles. The van der Waals surface area contributed by atoms with Crippen LogP contribution in [0.2, 0.25) is 0 Å².